The first-order valence-corrected chi connectivity index (χ1v) is 10.5. The van der Waals surface area contributed by atoms with Gasteiger partial charge in [0.2, 0.25) is 0 Å². The lowest BCUT2D eigenvalue weighted by Crippen LogP contribution is -2.16. The van der Waals surface area contributed by atoms with E-state index in [-0.39, 0.29) is 0 Å². The van der Waals surface area contributed by atoms with E-state index in [0.717, 1.165) is 41.3 Å². The van der Waals surface area contributed by atoms with Gasteiger partial charge in [-0.25, -0.2) is 15.0 Å². The molecule has 1 aliphatic rings. The van der Waals surface area contributed by atoms with Gasteiger partial charge < -0.3 is 10.6 Å². The number of benzene rings is 1. The third-order valence-electron chi connectivity index (χ3n) is 4.94. The van der Waals surface area contributed by atoms with Crippen molar-refractivity contribution < 1.29 is 0 Å². The van der Waals surface area contributed by atoms with Crippen LogP contribution in [0.25, 0.3) is 11.4 Å². The van der Waals surface area contributed by atoms with Gasteiger partial charge in [0, 0.05) is 41.4 Å². The molecule has 0 spiro atoms. The molecule has 152 valence electrons. The molecule has 8 heteroatoms. The summed E-state index contributed by atoms with van der Waals surface area (Å²) in [6.45, 7) is 3.36. The summed E-state index contributed by atoms with van der Waals surface area (Å²) >= 11 is 12.4. The van der Waals surface area contributed by atoms with Crippen molar-refractivity contribution in [3.63, 3.8) is 0 Å². The molecule has 0 aliphatic heterocycles. The molecule has 2 N–H and O–H groups in total. The predicted octanol–water partition coefficient (Wildman–Crippen LogP) is 5.43. The summed E-state index contributed by atoms with van der Waals surface area (Å²) in [6, 6.07) is 10.9. The van der Waals surface area contributed by atoms with Gasteiger partial charge in [-0.15, -0.1) is 0 Å². The number of nitrogens with zero attached hydrogens (tertiary/aromatic N) is 4. The third kappa shape index (κ3) is 4.64. The monoisotopic (exact) mass is 438 g/mol. The van der Waals surface area contributed by atoms with Crippen molar-refractivity contribution in [1.29, 1.82) is 5.26 Å². The molecule has 1 aliphatic carbocycles. The molecule has 0 saturated heterocycles. The van der Waals surface area contributed by atoms with Gasteiger partial charge in [-0.05, 0) is 50.1 Å². The van der Waals surface area contributed by atoms with E-state index >= 15 is 0 Å². The number of nitrogens with one attached hydrogen (secondary N) is 2. The zero-order valence-electron chi connectivity index (χ0n) is 16.4. The Balaban J connectivity index is 1.50. The van der Waals surface area contributed by atoms with E-state index in [1.807, 2.05) is 6.07 Å². The van der Waals surface area contributed by atoms with Crippen molar-refractivity contribution in [1.82, 2.24) is 15.0 Å². The smallest absolute Gasteiger partial charge is 0.163 e. The second kappa shape index (κ2) is 8.86. The Morgan fingerprint density at radius 2 is 1.90 bits per heavy atom. The fourth-order valence-corrected chi connectivity index (χ4v) is 3.68. The van der Waals surface area contributed by atoms with Gasteiger partial charge in [0.1, 0.15) is 17.7 Å². The highest BCUT2D eigenvalue weighted by Gasteiger charge is 2.29. The molecule has 2 aromatic heterocycles. The molecular formula is C22H20Cl2N6. The number of hydrogen-bond acceptors (Lipinski definition) is 6. The number of hydrogen-bond donors (Lipinski definition) is 2. The maximum absolute atomic E-state index is 8.85. The molecule has 1 aromatic carbocycles. The Labute approximate surface area is 185 Å². The van der Waals surface area contributed by atoms with Crippen LogP contribution in [-0.4, -0.2) is 28.0 Å². The first kappa shape index (κ1) is 20.4. The molecule has 3 aromatic rings. The fourth-order valence-electron chi connectivity index (χ4n) is 3.19. The SMILES string of the molecule is Cc1c(NCCNc2ccc(C#N)cn2)nc(-c2ccc(Cl)cc2Cl)nc1C1CC1. The van der Waals surface area contributed by atoms with E-state index in [9.17, 15) is 0 Å². The van der Waals surface area contributed by atoms with E-state index in [1.165, 1.54) is 0 Å². The van der Waals surface area contributed by atoms with Gasteiger partial charge in [0.05, 0.1) is 16.3 Å². The second-order valence-corrected chi connectivity index (χ2v) is 8.05. The van der Waals surface area contributed by atoms with Crippen LogP contribution in [0.2, 0.25) is 10.0 Å². The molecule has 0 unspecified atom stereocenters. The van der Waals surface area contributed by atoms with Crippen LogP contribution in [0, 0.1) is 18.3 Å². The van der Waals surface area contributed by atoms with Crippen LogP contribution in [-0.2, 0) is 0 Å². The standard InChI is InChI=1S/C22H20Cl2N6/c1-13-20(15-3-4-15)29-22(17-6-5-16(23)10-18(17)24)30-21(13)27-9-8-26-19-7-2-14(11-25)12-28-19/h2,5-7,10,12,15H,3-4,8-9H2,1H3,(H,26,28)(H,27,29,30). The number of pyridine rings is 1. The maximum atomic E-state index is 8.85. The molecule has 4 rings (SSSR count). The topological polar surface area (TPSA) is 86.5 Å². The van der Waals surface area contributed by atoms with E-state index in [0.29, 0.717) is 40.4 Å². The molecule has 1 fully saturated rings. The van der Waals surface area contributed by atoms with Crippen LogP contribution >= 0.6 is 23.2 Å². The molecule has 0 atom stereocenters. The number of nitriles is 1. The Kier molecular flexibility index (Phi) is 6.03. The highest BCUT2D eigenvalue weighted by Crippen LogP contribution is 2.42. The average molecular weight is 439 g/mol. The van der Waals surface area contributed by atoms with E-state index in [2.05, 4.69) is 28.6 Å². The van der Waals surface area contributed by atoms with E-state index in [4.69, 9.17) is 38.4 Å². The van der Waals surface area contributed by atoms with Crippen LogP contribution < -0.4 is 10.6 Å². The van der Waals surface area contributed by atoms with Gasteiger partial charge in [0.25, 0.3) is 0 Å². The van der Waals surface area contributed by atoms with Crippen LogP contribution in [0.3, 0.4) is 0 Å². The third-order valence-corrected chi connectivity index (χ3v) is 5.48. The fraction of sp³-hybridized carbons (Fsp3) is 0.273. The lowest BCUT2D eigenvalue weighted by Gasteiger charge is -2.15. The zero-order valence-corrected chi connectivity index (χ0v) is 17.9. The predicted molar refractivity (Wildman–Crippen MR) is 120 cm³/mol. The van der Waals surface area contributed by atoms with Gasteiger partial charge in [-0.3, -0.25) is 0 Å². The lowest BCUT2D eigenvalue weighted by atomic mass is 10.1. The minimum absolute atomic E-state index is 0.486. The largest absolute Gasteiger partial charge is 0.368 e. The molecule has 6 nitrogen and oxygen atoms in total. The molecule has 0 radical (unpaired) electrons. The van der Waals surface area contributed by atoms with Gasteiger partial charge in [0.15, 0.2) is 5.82 Å². The van der Waals surface area contributed by atoms with Crippen molar-refractivity contribution in [3.8, 4) is 17.5 Å². The summed E-state index contributed by atoms with van der Waals surface area (Å²) in [7, 11) is 0. The average Bonchev–Trinajstić information content (AvgIpc) is 3.58. The summed E-state index contributed by atoms with van der Waals surface area (Å²) in [5.74, 6) is 2.62. The van der Waals surface area contributed by atoms with Crippen LogP contribution in [0.4, 0.5) is 11.6 Å². The molecule has 30 heavy (non-hydrogen) atoms. The molecule has 1 saturated carbocycles. The van der Waals surface area contributed by atoms with Crippen molar-refractivity contribution >= 4 is 34.8 Å². The highest BCUT2D eigenvalue weighted by atomic mass is 35.5. The number of aromatic nitrogens is 3. The summed E-state index contributed by atoms with van der Waals surface area (Å²) in [5.41, 5.74) is 3.46. The molecule has 0 bridgehead atoms. The molecule has 0 amide bonds. The van der Waals surface area contributed by atoms with Crippen molar-refractivity contribution in [3.05, 3.63) is 63.4 Å². The summed E-state index contributed by atoms with van der Waals surface area (Å²) < 4.78 is 0. The first-order valence-electron chi connectivity index (χ1n) is 9.73. The summed E-state index contributed by atoms with van der Waals surface area (Å²) in [5, 5.41) is 16.6. The molecular weight excluding hydrogens is 419 g/mol. The van der Waals surface area contributed by atoms with Gasteiger partial charge in [-0.2, -0.15) is 5.26 Å². The minimum Gasteiger partial charge on any atom is -0.368 e. The van der Waals surface area contributed by atoms with Crippen LogP contribution in [0.15, 0.2) is 36.5 Å². The summed E-state index contributed by atoms with van der Waals surface area (Å²) in [4.78, 5) is 13.8. The van der Waals surface area contributed by atoms with Gasteiger partial charge >= 0.3 is 0 Å². The van der Waals surface area contributed by atoms with E-state index in [1.54, 1.807) is 30.5 Å². The van der Waals surface area contributed by atoms with Crippen molar-refractivity contribution in [2.45, 2.75) is 25.7 Å². The van der Waals surface area contributed by atoms with Crippen molar-refractivity contribution in [2.24, 2.45) is 0 Å². The van der Waals surface area contributed by atoms with E-state index < -0.39 is 0 Å². The Morgan fingerprint density at radius 1 is 1.10 bits per heavy atom. The van der Waals surface area contributed by atoms with Crippen molar-refractivity contribution in [2.75, 3.05) is 23.7 Å². The molecule has 2 heterocycles. The second-order valence-electron chi connectivity index (χ2n) is 7.20. The zero-order chi connectivity index (χ0) is 21.1. The Morgan fingerprint density at radius 3 is 2.57 bits per heavy atom. The quantitative estimate of drug-likeness (QED) is 0.478. The highest BCUT2D eigenvalue weighted by molar-refractivity contribution is 6.36. The van der Waals surface area contributed by atoms with Crippen LogP contribution in [0.1, 0.15) is 35.6 Å². The number of rotatable bonds is 7. The summed E-state index contributed by atoms with van der Waals surface area (Å²) in [6.07, 6.45) is 3.85. The Bertz CT molecular complexity index is 1100. The first-order chi connectivity index (χ1) is 14.5. The lowest BCUT2D eigenvalue weighted by molar-refractivity contribution is 0.953. The number of halogens is 2. The minimum atomic E-state index is 0.486. The van der Waals surface area contributed by atoms with Gasteiger partial charge in [-0.1, -0.05) is 23.2 Å². The number of anilines is 2. The maximum Gasteiger partial charge on any atom is 0.163 e. The Hall–Kier alpha value is -2.88. The van der Waals surface area contributed by atoms with Crippen LogP contribution in [0.5, 0.6) is 0 Å². The normalized spacial score (nSPS) is 13.0.